The predicted octanol–water partition coefficient (Wildman–Crippen LogP) is 3.08. The average molecular weight is 433 g/mol. The summed E-state index contributed by atoms with van der Waals surface area (Å²) in [5.41, 5.74) is 5.99. The van der Waals surface area contributed by atoms with Crippen molar-refractivity contribution in [2.24, 2.45) is 5.73 Å². The summed E-state index contributed by atoms with van der Waals surface area (Å²) >= 11 is 1.28. The molecule has 0 saturated heterocycles. The van der Waals surface area contributed by atoms with Gasteiger partial charge in [0.2, 0.25) is 5.91 Å². The van der Waals surface area contributed by atoms with E-state index < -0.39 is 17.2 Å². The van der Waals surface area contributed by atoms with Crippen LogP contribution in [0.5, 0.6) is 5.75 Å². The number of hydrogen-bond acceptors (Lipinski definition) is 7. The zero-order chi connectivity index (χ0) is 21.5. The van der Waals surface area contributed by atoms with E-state index >= 15 is 0 Å². The molecule has 0 aliphatic heterocycles. The number of benzene rings is 1. The van der Waals surface area contributed by atoms with Gasteiger partial charge in [0.25, 0.3) is 0 Å². The molecule has 1 aliphatic carbocycles. The number of methoxy groups -OCH3 is 1. The number of aromatic nitrogens is 3. The number of primary amides is 1. The third kappa shape index (κ3) is 5.65. The Morgan fingerprint density at radius 2 is 2.07 bits per heavy atom. The molecule has 1 aromatic carbocycles. The Morgan fingerprint density at radius 3 is 2.77 bits per heavy atom. The largest absolute Gasteiger partial charge is 0.497 e. The second kappa shape index (κ2) is 10.3. The molecule has 1 atom stereocenters. The minimum Gasteiger partial charge on any atom is -0.497 e. The first-order chi connectivity index (χ1) is 14.5. The number of nitrogens with zero attached hydrogens (tertiary/aromatic N) is 3. The fourth-order valence-electron chi connectivity index (χ4n) is 3.56. The van der Waals surface area contributed by atoms with E-state index in [0.29, 0.717) is 17.7 Å². The molecule has 1 aromatic heterocycles. The van der Waals surface area contributed by atoms with Gasteiger partial charge >= 0.3 is 6.03 Å². The topological polar surface area (TPSA) is 124 Å². The molecule has 9 nitrogen and oxygen atoms in total. The molecular formula is C20H28N6O3S. The average Bonchev–Trinajstić information content (AvgIpc) is 3.14. The van der Waals surface area contributed by atoms with Crippen molar-refractivity contribution in [3.05, 3.63) is 30.1 Å². The summed E-state index contributed by atoms with van der Waals surface area (Å²) in [6.45, 7) is 2.22. The molecule has 1 heterocycles. The van der Waals surface area contributed by atoms with Crippen LogP contribution in [-0.4, -0.2) is 39.1 Å². The molecule has 1 aliphatic rings. The SMILES string of the molecule is COc1cccc(NCc2nnc(SC(C)C(=O)NC(N)=O)n2C2CCCCC2)c1. The van der Waals surface area contributed by atoms with Crippen LogP contribution in [-0.2, 0) is 11.3 Å². The number of carbonyl (C=O) groups is 2. The summed E-state index contributed by atoms with van der Waals surface area (Å²) in [4.78, 5) is 23.1. The van der Waals surface area contributed by atoms with Crippen molar-refractivity contribution in [3.8, 4) is 5.75 Å². The summed E-state index contributed by atoms with van der Waals surface area (Å²) in [6.07, 6.45) is 5.66. The van der Waals surface area contributed by atoms with Gasteiger partial charge in [0.1, 0.15) is 5.75 Å². The van der Waals surface area contributed by atoms with Crippen molar-refractivity contribution in [1.82, 2.24) is 20.1 Å². The highest BCUT2D eigenvalue weighted by Gasteiger charge is 2.26. The van der Waals surface area contributed by atoms with Crippen LogP contribution in [0.15, 0.2) is 29.4 Å². The van der Waals surface area contributed by atoms with Gasteiger partial charge in [0.05, 0.1) is 18.9 Å². The first-order valence-electron chi connectivity index (χ1n) is 10.1. The molecule has 1 saturated carbocycles. The highest BCUT2D eigenvalue weighted by molar-refractivity contribution is 8.00. The Kier molecular flexibility index (Phi) is 7.56. The van der Waals surface area contributed by atoms with Crippen LogP contribution in [0, 0.1) is 0 Å². The molecule has 1 fully saturated rings. The summed E-state index contributed by atoms with van der Waals surface area (Å²) < 4.78 is 7.42. The smallest absolute Gasteiger partial charge is 0.318 e. The Morgan fingerprint density at radius 1 is 1.30 bits per heavy atom. The predicted molar refractivity (Wildman–Crippen MR) is 116 cm³/mol. The summed E-state index contributed by atoms with van der Waals surface area (Å²) in [7, 11) is 1.64. The minimum absolute atomic E-state index is 0.296. The fraction of sp³-hybridized carbons (Fsp3) is 0.500. The molecule has 30 heavy (non-hydrogen) atoms. The number of nitrogens with two attached hydrogens (primary N) is 1. The Balaban J connectivity index is 1.78. The molecule has 2 aromatic rings. The molecule has 0 radical (unpaired) electrons. The summed E-state index contributed by atoms with van der Waals surface area (Å²) in [5.74, 6) is 1.15. The van der Waals surface area contributed by atoms with Gasteiger partial charge in [0.15, 0.2) is 11.0 Å². The van der Waals surface area contributed by atoms with Crippen molar-refractivity contribution in [3.63, 3.8) is 0 Å². The van der Waals surface area contributed by atoms with Gasteiger partial charge in [-0.1, -0.05) is 37.1 Å². The molecule has 3 amide bonds. The number of urea groups is 1. The van der Waals surface area contributed by atoms with Crippen LogP contribution in [0.3, 0.4) is 0 Å². The number of carbonyl (C=O) groups excluding carboxylic acids is 2. The first-order valence-corrected chi connectivity index (χ1v) is 10.9. The van der Waals surface area contributed by atoms with E-state index in [1.54, 1.807) is 14.0 Å². The number of hydrogen-bond donors (Lipinski definition) is 3. The van der Waals surface area contributed by atoms with Crippen LogP contribution in [0.4, 0.5) is 10.5 Å². The van der Waals surface area contributed by atoms with Crippen molar-refractivity contribution in [2.75, 3.05) is 12.4 Å². The minimum atomic E-state index is -0.857. The first kappa shape index (κ1) is 21.9. The zero-order valence-corrected chi connectivity index (χ0v) is 18.1. The highest BCUT2D eigenvalue weighted by Crippen LogP contribution is 2.34. The lowest BCUT2D eigenvalue weighted by molar-refractivity contribution is -0.119. The third-order valence-electron chi connectivity index (χ3n) is 5.09. The lowest BCUT2D eigenvalue weighted by Crippen LogP contribution is -2.39. The van der Waals surface area contributed by atoms with Crippen molar-refractivity contribution >= 4 is 29.4 Å². The molecule has 1 unspecified atom stereocenters. The van der Waals surface area contributed by atoms with E-state index in [0.717, 1.165) is 42.9 Å². The standard InChI is InChI=1S/C20H28N6O3S/c1-13(18(27)23-19(21)28)30-20-25-24-17(26(20)15-8-4-3-5-9-15)12-22-14-7-6-10-16(11-14)29-2/h6-7,10-11,13,15,22H,3-5,8-9,12H2,1-2H3,(H3,21,23,27,28). The Hall–Kier alpha value is -2.75. The fourth-order valence-corrected chi connectivity index (χ4v) is 4.50. The number of thioether (sulfide) groups is 1. The molecule has 3 rings (SSSR count). The van der Waals surface area contributed by atoms with Crippen LogP contribution in [0.1, 0.15) is 50.9 Å². The number of anilines is 1. The van der Waals surface area contributed by atoms with E-state index in [1.165, 1.54) is 18.2 Å². The molecule has 0 spiro atoms. The van der Waals surface area contributed by atoms with E-state index in [2.05, 4.69) is 25.4 Å². The van der Waals surface area contributed by atoms with Gasteiger partial charge in [-0.05, 0) is 31.9 Å². The van der Waals surface area contributed by atoms with Gasteiger partial charge in [0, 0.05) is 17.8 Å². The molecule has 162 valence electrons. The molecular weight excluding hydrogens is 404 g/mol. The Labute approximate surface area is 180 Å². The number of nitrogens with one attached hydrogen (secondary N) is 2. The monoisotopic (exact) mass is 432 g/mol. The normalized spacial score (nSPS) is 15.4. The van der Waals surface area contributed by atoms with Gasteiger partial charge in [-0.2, -0.15) is 0 Å². The van der Waals surface area contributed by atoms with E-state index in [4.69, 9.17) is 10.5 Å². The Bertz CT molecular complexity index is 881. The second-order valence-corrected chi connectivity index (χ2v) is 8.57. The van der Waals surface area contributed by atoms with Crippen LogP contribution < -0.4 is 21.1 Å². The van der Waals surface area contributed by atoms with Crippen LogP contribution in [0.2, 0.25) is 0 Å². The third-order valence-corrected chi connectivity index (χ3v) is 6.15. The summed E-state index contributed by atoms with van der Waals surface area (Å²) in [5, 5.41) is 14.4. The maximum absolute atomic E-state index is 12.1. The van der Waals surface area contributed by atoms with Crippen LogP contribution >= 0.6 is 11.8 Å². The summed E-state index contributed by atoms with van der Waals surface area (Å²) in [6, 6.07) is 7.15. The number of rotatable bonds is 8. The number of amides is 3. The van der Waals surface area contributed by atoms with E-state index in [1.807, 2.05) is 24.3 Å². The van der Waals surface area contributed by atoms with Crippen molar-refractivity contribution < 1.29 is 14.3 Å². The van der Waals surface area contributed by atoms with E-state index in [-0.39, 0.29) is 0 Å². The van der Waals surface area contributed by atoms with Crippen LogP contribution in [0.25, 0.3) is 0 Å². The van der Waals surface area contributed by atoms with E-state index in [9.17, 15) is 9.59 Å². The van der Waals surface area contributed by atoms with Gasteiger partial charge < -0.3 is 20.4 Å². The maximum atomic E-state index is 12.1. The molecule has 4 N–H and O–H groups in total. The second-order valence-electron chi connectivity index (χ2n) is 7.26. The maximum Gasteiger partial charge on any atom is 0.318 e. The number of ether oxygens (including phenoxy) is 1. The number of imide groups is 1. The lowest BCUT2D eigenvalue weighted by Gasteiger charge is -2.26. The van der Waals surface area contributed by atoms with Crippen molar-refractivity contribution in [1.29, 1.82) is 0 Å². The highest BCUT2D eigenvalue weighted by atomic mass is 32.2. The molecule has 0 bridgehead atoms. The van der Waals surface area contributed by atoms with Crippen molar-refractivity contribution in [2.45, 2.75) is 62.0 Å². The quantitative estimate of drug-likeness (QED) is 0.548. The molecule has 10 heteroatoms. The van der Waals surface area contributed by atoms with Gasteiger partial charge in [-0.3, -0.25) is 10.1 Å². The lowest BCUT2D eigenvalue weighted by atomic mass is 9.95. The zero-order valence-electron chi connectivity index (χ0n) is 17.3. The van der Waals surface area contributed by atoms with Gasteiger partial charge in [-0.15, -0.1) is 10.2 Å². The van der Waals surface area contributed by atoms with Gasteiger partial charge in [-0.25, -0.2) is 4.79 Å².